The average molecular weight is 164 g/mol. The number of halogens is 1. The van der Waals surface area contributed by atoms with Crippen molar-refractivity contribution in [3.05, 3.63) is 43.0 Å². The van der Waals surface area contributed by atoms with Gasteiger partial charge in [-0.3, -0.25) is 0 Å². The van der Waals surface area contributed by atoms with Crippen molar-refractivity contribution >= 4 is 23.1 Å². The predicted octanol–water partition coefficient (Wildman–Crippen LogP) is 2.31. The molecule has 0 aliphatic rings. The monoisotopic (exact) mass is 164 g/mol. The molecule has 0 amide bonds. The standard InChI is InChI=1S/C9H10BCl/c1-2-8-10(11)9-6-4-3-5-7-9/h2-7H,1,8H2. The molecule has 0 aliphatic carbocycles. The molecule has 2 heteroatoms. The van der Waals surface area contributed by atoms with Gasteiger partial charge in [0.2, 0.25) is 0 Å². The van der Waals surface area contributed by atoms with E-state index in [1.54, 1.807) is 0 Å². The summed E-state index contributed by atoms with van der Waals surface area (Å²) in [5, 5.41) is 0. The summed E-state index contributed by atoms with van der Waals surface area (Å²) in [5.74, 6) is 0. The molecule has 56 valence electrons. The van der Waals surface area contributed by atoms with Crippen LogP contribution >= 0.6 is 11.5 Å². The summed E-state index contributed by atoms with van der Waals surface area (Å²) in [7, 11) is 0. The third-order valence-corrected chi connectivity index (χ3v) is 1.97. The van der Waals surface area contributed by atoms with Gasteiger partial charge in [0.05, 0.1) is 0 Å². The Bertz CT molecular complexity index is 220. The molecule has 0 saturated heterocycles. The van der Waals surface area contributed by atoms with Crippen molar-refractivity contribution in [2.24, 2.45) is 0 Å². The highest BCUT2D eigenvalue weighted by Gasteiger charge is 2.09. The first-order valence-electron chi connectivity index (χ1n) is 3.64. The van der Waals surface area contributed by atoms with Gasteiger partial charge < -0.3 is 0 Å². The molecule has 0 heterocycles. The Morgan fingerprint density at radius 1 is 1.36 bits per heavy atom. The fourth-order valence-electron chi connectivity index (χ4n) is 0.944. The van der Waals surface area contributed by atoms with Crippen molar-refractivity contribution in [3.8, 4) is 0 Å². The number of hydrogen-bond acceptors (Lipinski definition) is 0. The van der Waals surface area contributed by atoms with Crippen LogP contribution in [0, 0.1) is 0 Å². The first-order valence-corrected chi connectivity index (χ1v) is 4.08. The van der Waals surface area contributed by atoms with E-state index in [1.807, 2.05) is 36.4 Å². The highest BCUT2D eigenvalue weighted by Crippen LogP contribution is 1.99. The van der Waals surface area contributed by atoms with Crippen LogP contribution in [0.4, 0.5) is 0 Å². The first-order chi connectivity index (χ1) is 5.34. The smallest absolute Gasteiger partial charge is 0.188 e. The molecule has 0 radical (unpaired) electrons. The molecule has 0 saturated carbocycles. The second-order valence-electron chi connectivity index (χ2n) is 2.40. The number of benzene rings is 1. The van der Waals surface area contributed by atoms with Gasteiger partial charge in [-0.25, -0.2) is 0 Å². The van der Waals surface area contributed by atoms with Crippen molar-refractivity contribution in [2.45, 2.75) is 6.32 Å². The molecule has 11 heavy (non-hydrogen) atoms. The molecule has 0 N–H and O–H groups in total. The van der Waals surface area contributed by atoms with E-state index in [2.05, 4.69) is 6.58 Å². The zero-order valence-electron chi connectivity index (χ0n) is 6.33. The van der Waals surface area contributed by atoms with Gasteiger partial charge >= 0.3 is 0 Å². The molecule has 0 atom stereocenters. The summed E-state index contributed by atoms with van der Waals surface area (Å²) < 4.78 is 0. The minimum absolute atomic E-state index is 0.0775. The molecule has 1 rings (SSSR count). The van der Waals surface area contributed by atoms with Crippen LogP contribution in [0.15, 0.2) is 43.0 Å². The van der Waals surface area contributed by atoms with Crippen molar-refractivity contribution in [3.63, 3.8) is 0 Å². The quantitative estimate of drug-likeness (QED) is 0.475. The fourth-order valence-corrected chi connectivity index (χ4v) is 1.22. The summed E-state index contributed by atoms with van der Waals surface area (Å²) in [4.78, 5) is 0. The van der Waals surface area contributed by atoms with Gasteiger partial charge in [0, 0.05) is 0 Å². The van der Waals surface area contributed by atoms with Crippen LogP contribution in [0.2, 0.25) is 6.32 Å². The maximum Gasteiger partial charge on any atom is 0.286 e. The summed E-state index contributed by atoms with van der Waals surface area (Å²) in [6.45, 7) is 3.64. The van der Waals surface area contributed by atoms with Gasteiger partial charge in [-0.15, -0.1) is 6.58 Å². The van der Waals surface area contributed by atoms with Gasteiger partial charge in [-0.2, -0.15) is 11.5 Å². The van der Waals surface area contributed by atoms with Gasteiger partial charge in [-0.1, -0.05) is 41.9 Å². The first kappa shape index (κ1) is 8.41. The lowest BCUT2D eigenvalue weighted by Gasteiger charge is -2.00. The molecular formula is C9H10BCl. The molecule has 0 fully saturated rings. The van der Waals surface area contributed by atoms with Crippen molar-refractivity contribution in [2.75, 3.05) is 0 Å². The van der Waals surface area contributed by atoms with Crippen LogP contribution in [-0.2, 0) is 0 Å². The fraction of sp³-hybridized carbons (Fsp3) is 0.111. The summed E-state index contributed by atoms with van der Waals surface area (Å²) >= 11 is 6.04. The highest BCUT2D eigenvalue weighted by molar-refractivity contribution is 7.14. The van der Waals surface area contributed by atoms with Crippen molar-refractivity contribution in [1.82, 2.24) is 0 Å². The molecule has 0 unspecified atom stereocenters. The minimum Gasteiger partial charge on any atom is -0.188 e. The van der Waals surface area contributed by atoms with E-state index >= 15 is 0 Å². The third kappa shape index (κ3) is 2.43. The van der Waals surface area contributed by atoms with Crippen LogP contribution in [0.3, 0.4) is 0 Å². The molecule has 1 aromatic rings. The van der Waals surface area contributed by atoms with E-state index in [4.69, 9.17) is 11.5 Å². The second kappa shape index (κ2) is 4.25. The Kier molecular flexibility index (Phi) is 3.25. The van der Waals surface area contributed by atoms with Crippen LogP contribution in [-0.4, -0.2) is 6.13 Å². The maximum absolute atomic E-state index is 6.04. The average Bonchev–Trinajstić information content (AvgIpc) is 2.07. The lowest BCUT2D eigenvalue weighted by atomic mass is 9.65. The largest absolute Gasteiger partial charge is 0.286 e. The van der Waals surface area contributed by atoms with E-state index in [9.17, 15) is 0 Å². The Hall–Kier alpha value is -0.685. The Balaban J connectivity index is 2.68. The number of rotatable bonds is 3. The Morgan fingerprint density at radius 2 is 2.00 bits per heavy atom. The predicted molar refractivity (Wildman–Crippen MR) is 52.7 cm³/mol. The normalized spacial score (nSPS) is 9.18. The lowest BCUT2D eigenvalue weighted by Crippen LogP contribution is -2.22. The summed E-state index contributed by atoms with van der Waals surface area (Å²) in [6.07, 6.45) is 2.74. The number of hydrogen-bond donors (Lipinski definition) is 0. The zero-order valence-corrected chi connectivity index (χ0v) is 7.09. The van der Waals surface area contributed by atoms with E-state index < -0.39 is 0 Å². The zero-order chi connectivity index (χ0) is 8.10. The van der Waals surface area contributed by atoms with Gasteiger partial charge in [-0.05, 0) is 6.32 Å². The van der Waals surface area contributed by atoms with Crippen LogP contribution in [0.5, 0.6) is 0 Å². The number of allylic oxidation sites excluding steroid dienone is 1. The molecule has 0 nitrogen and oxygen atoms in total. The van der Waals surface area contributed by atoms with Crippen LogP contribution < -0.4 is 5.46 Å². The van der Waals surface area contributed by atoms with Gasteiger partial charge in [0.25, 0.3) is 6.13 Å². The third-order valence-electron chi connectivity index (χ3n) is 1.53. The Morgan fingerprint density at radius 3 is 2.55 bits per heavy atom. The Labute approximate surface area is 72.9 Å². The molecule has 0 spiro atoms. The van der Waals surface area contributed by atoms with Crippen LogP contribution in [0.25, 0.3) is 0 Å². The van der Waals surface area contributed by atoms with E-state index in [0.29, 0.717) is 0 Å². The van der Waals surface area contributed by atoms with E-state index in [1.165, 1.54) is 0 Å². The van der Waals surface area contributed by atoms with Crippen molar-refractivity contribution < 1.29 is 0 Å². The van der Waals surface area contributed by atoms with Gasteiger partial charge in [0.15, 0.2) is 0 Å². The molecule has 0 aromatic heterocycles. The van der Waals surface area contributed by atoms with E-state index in [0.717, 1.165) is 11.8 Å². The molecule has 1 aromatic carbocycles. The SMILES string of the molecule is C=CCB(Cl)c1ccccc1. The maximum atomic E-state index is 6.04. The summed E-state index contributed by atoms with van der Waals surface area (Å²) in [5.41, 5.74) is 1.16. The second-order valence-corrected chi connectivity index (χ2v) is 2.93. The summed E-state index contributed by atoms with van der Waals surface area (Å²) in [6, 6.07) is 10.0. The minimum atomic E-state index is 0.0775. The molecular weight excluding hydrogens is 154 g/mol. The highest BCUT2D eigenvalue weighted by atomic mass is 35.5. The van der Waals surface area contributed by atoms with Gasteiger partial charge in [0.1, 0.15) is 0 Å². The molecule has 0 aliphatic heterocycles. The van der Waals surface area contributed by atoms with Crippen molar-refractivity contribution in [1.29, 1.82) is 0 Å². The topological polar surface area (TPSA) is 0 Å². The molecule has 0 bridgehead atoms. The van der Waals surface area contributed by atoms with E-state index in [-0.39, 0.29) is 6.13 Å². The lowest BCUT2D eigenvalue weighted by molar-refractivity contribution is 1.68. The van der Waals surface area contributed by atoms with Crippen LogP contribution in [0.1, 0.15) is 0 Å².